The molecular weight excluding hydrogens is 897 g/mol. The van der Waals surface area contributed by atoms with Gasteiger partial charge in [-0.15, -0.1) is 0 Å². The Bertz CT molecular complexity index is 1700. The van der Waals surface area contributed by atoms with Gasteiger partial charge in [0, 0.05) is 11.1 Å². The second kappa shape index (κ2) is 18.6. The fraction of sp³-hybridized carbons (Fsp3) is 0.852. The molecule has 11 aliphatic rings. The van der Waals surface area contributed by atoms with Gasteiger partial charge in [-0.05, 0) is 212 Å². The molecule has 0 N–H and O–H groups in total. The van der Waals surface area contributed by atoms with Crippen molar-refractivity contribution in [2.75, 3.05) is 0 Å². The lowest BCUT2D eigenvalue weighted by Gasteiger charge is -2.50. The summed E-state index contributed by atoms with van der Waals surface area (Å²) in [7, 11) is -16.6. The van der Waals surface area contributed by atoms with Gasteiger partial charge >= 0.3 is 17.6 Å². The van der Waals surface area contributed by atoms with E-state index in [-0.39, 0.29) is 0 Å². The molecule has 16 atom stereocenters. The first-order valence-corrected chi connectivity index (χ1v) is 44.5. The highest BCUT2D eigenvalue weighted by molar-refractivity contribution is 7.39. The summed E-state index contributed by atoms with van der Waals surface area (Å²) in [6.07, 6.45) is 49.6. The third-order valence-electron chi connectivity index (χ3n) is 21.1. The fourth-order valence-electron chi connectivity index (χ4n) is 17.0. The van der Waals surface area contributed by atoms with Crippen molar-refractivity contribution in [2.24, 2.45) is 71.0 Å². The third kappa shape index (κ3) is 9.75. The molecule has 1 heterocycles. The topological polar surface area (TPSA) is 46.2 Å². The zero-order valence-corrected chi connectivity index (χ0v) is 48.1. The van der Waals surface area contributed by atoms with Crippen LogP contribution in [0, 0.1) is 71.0 Å². The summed E-state index contributed by atoms with van der Waals surface area (Å²) in [6, 6.07) is 4.91. The number of hydrogen-bond acceptors (Lipinski definition) is 5. The van der Waals surface area contributed by atoms with E-state index in [4.69, 9.17) is 20.6 Å². The number of fused-ring (bicyclic) bond motifs is 8. The lowest BCUT2D eigenvalue weighted by Crippen LogP contribution is -2.68. The standard InChI is InChI=1S/C54H92O5Si6/c1-60(2,29-25-49-37-41-17-21-45(49)33-41)55-64(53-13-9-7-10-14-53)57-62(5,31-27-51-39-43-19-23-47(51)35-43)63(6,32-28-52-40-44-20-24-48(52)36-44)58-65(59-64,54-15-11-8-12-16-54)56-61(3,4)30-26-50-38-42-18-22-46(50)34-42/h17-24,41-54H,7-16,25-40H2,1-6H3. The Morgan fingerprint density at radius 1 is 0.415 bits per heavy atom. The molecule has 65 heavy (non-hydrogen) atoms. The largest absolute Gasteiger partial charge is 0.475 e. The van der Waals surface area contributed by atoms with E-state index >= 15 is 0 Å². The first-order valence-electron chi connectivity index (χ1n) is 28.4. The van der Waals surface area contributed by atoms with Crippen LogP contribution in [0.2, 0.25) is 74.5 Å². The zero-order chi connectivity index (χ0) is 44.7. The Morgan fingerprint density at radius 3 is 1.03 bits per heavy atom. The Morgan fingerprint density at radius 2 is 0.738 bits per heavy atom. The Kier molecular flexibility index (Phi) is 13.6. The minimum Gasteiger partial charge on any atom is -0.416 e. The first kappa shape index (κ1) is 47.4. The van der Waals surface area contributed by atoms with Gasteiger partial charge < -0.3 is 20.6 Å². The Balaban J connectivity index is 0.994. The van der Waals surface area contributed by atoms with Crippen LogP contribution in [0.5, 0.6) is 0 Å². The molecule has 10 aliphatic carbocycles. The molecule has 16 unspecified atom stereocenters. The molecule has 1 aliphatic heterocycles. The molecule has 0 aromatic heterocycles. The lowest BCUT2D eigenvalue weighted by molar-refractivity contribution is 0.151. The maximum absolute atomic E-state index is 8.78. The molecule has 0 aromatic carbocycles. The van der Waals surface area contributed by atoms with Crippen LogP contribution < -0.4 is 0 Å². The monoisotopic (exact) mass is 989 g/mol. The maximum Gasteiger partial charge on any atom is 0.475 e. The van der Waals surface area contributed by atoms with Crippen molar-refractivity contribution in [3.8, 4) is 0 Å². The van der Waals surface area contributed by atoms with Gasteiger partial charge in [0.25, 0.3) is 0 Å². The summed E-state index contributed by atoms with van der Waals surface area (Å²) in [4.78, 5) is 0. The summed E-state index contributed by atoms with van der Waals surface area (Å²) in [5.41, 5.74) is 0.761. The van der Waals surface area contributed by atoms with Gasteiger partial charge in [-0.3, -0.25) is 0 Å². The van der Waals surface area contributed by atoms with Gasteiger partial charge in [0.05, 0.1) is 0 Å². The average molecular weight is 990 g/mol. The van der Waals surface area contributed by atoms with Crippen LogP contribution >= 0.6 is 0 Å². The number of hydrogen-bond donors (Lipinski definition) is 0. The molecule has 5 nitrogen and oxygen atoms in total. The van der Waals surface area contributed by atoms with E-state index in [2.05, 4.69) is 87.9 Å². The molecule has 8 bridgehead atoms. The van der Waals surface area contributed by atoms with E-state index < -0.39 is 49.9 Å². The van der Waals surface area contributed by atoms with Gasteiger partial charge in [0.1, 0.15) is 0 Å². The molecular formula is C54H92O5Si6. The molecule has 0 amide bonds. The highest BCUT2D eigenvalue weighted by Gasteiger charge is 2.73. The van der Waals surface area contributed by atoms with Crippen LogP contribution in [0.25, 0.3) is 0 Å². The second-order valence-corrected chi connectivity index (χ2v) is 55.1. The Hall–Kier alpha value is 0.0613. The minimum atomic E-state index is -3.39. The SMILES string of the molecule is C[Si](C)(CCC1CC2C=CC1C2)O[Si]1(C2CCCCC2)O[Si](O[Si](C)(C)CCC2CC3C=CC2C3)(C2CCCCC2)O[Si](C)(CCC2CC3C=CC2C3)[Si](C)(CCC2CC3C=CC2C3)O1. The minimum absolute atomic E-state index is 0.381. The van der Waals surface area contributed by atoms with Crippen molar-refractivity contribution in [3.05, 3.63) is 48.6 Å². The predicted molar refractivity (Wildman–Crippen MR) is 282 cm³/mol. The average Bonchev–Trinajstić information content (AvgIpc) is 4.17. The highest BCUT2D eigenvalue weighted by atomic mass is 29.3. The van der Waals surface area contributed by atoms with Crippen molar-refractivity contribution in [1.29, 1.82) is 0 Å². The van der Waals surface area contributed by atoms with Gasteiger partial charge in [-0.2, -0.15) is 0 Å². The van der Waals surface area contributed by atoms with Crippen LogP contribution in [0.4, 0.5) is 0 Å². The summed E-state index contributed by atoms with van der Waals surface area (Å²) in [5, 5.41) is 0. The molecule has 1 saturated heterocycles. The quantitative estimate of drug-likeness (QED) is 0.101. The van der Waals surface area contributed by atoms with E-state index in [0.717, 1.165) is 71.0 Å². The first-order chi connectivity index (χ1) is 31.2. The van der Waals surface area contributed by atoms with Crippen molar-refractivity contribution in [2.45, 2.75) is 216 Å². The van der Waals surface area contributed by atoms with E-state index in [1.807, 2.05) is 0 Å². The molecule has 362 valence electrons. The molecule has 0 radical (unpaired) electrons. The van der Waals surface area contributed by atoms with E-state index in [1.54, 1.807) is 0 Å². The molecule has 0 spiro atoms. The zero-order valence-electron chi connectivity index (χ0n) is 42.1. The van der Waals surface area contributed by atoms with E-state index in [0.29, 0.717) is 11.1 Å². The normalized spacial score (nSPS) is 46.7. The van der Waals surface area contributed by atoms with Gasteiger partial charge in [-0.25, -0.2) is 0 Å². The molecule has 7 fully saturated rings. The van der Waals surface area contributed by atoms with Crippen LogP contribution in [-0.4, -0.2) is 49.9 Å². The number of allylic oxidation sites excluding steroid dienone is 8. The molecule has 6 saturated carbocycles. The van der Waals surface area contributed by atoms with Crippen LogP contribution in [0.1, 0.15) is 141 Å². The van der Waals surface area contributed by atoms with E-state index in [1.165, 1.54) is 165 Å². The van der Waals surface area contributed by atoms with Gasteiger partial charge in [0.2, 0.25) is 0 Å². The van der Waals surface area contributed by atoms with E-state index in [9.17, 15) is 0 Å². The van der Waals surface area contributed by atoms with Gasteiger partial charge in [-0.1, -0.05) is 113 Å². The number of rotatable bonds is 18. The van der Waals surface area contributed by atoms with Crippen molar-refractivity contribution < 1.29 is 20.6 Å². The van der Waals surface area contributed by atoms with Crippen LogP contribution in [0.15, 0.2) is 48.6 Å². The highest BCUT2D eigenvalue weighted by Crippen LogP contribution is 2.57. The summed E-state index contributed by atoms with van der Waals surface area (Å²) in [5.74, 6) is 9.66. The lowest BCUT2D eigenvalue weighted by atomic mass is 9.91. The molecule has 0 aromatic rings. The summed E-state index contributed by atoms with van der Waals surface area (Å²) in [6.45, 7) is 15.9. The molecule has 11 heteroatoms. The third-order valence-corrected chi connectivity index (χ3v) is 56.8. The molecule has 11 rings (SSSR count). The second-order valence-electron chi connectivity index (χ2n) is 26.7. The Labute approximate surface area is 403 Å². The smallest absolute Gasteiger partial charge is 0.416 e. The van der Waals surface area contributed by atoms with Crippen LogP contribution in [-0.2, 0) is 20.6 Å². The summed E-state index contributed by atoms with van der Waals surface area (Å²) >= 11 is 0. The van der Waals surface area contributed by atoms with Crippen molar-refractivity contribution in [1.82, 2.24) is 0 Å². The fourth-order valence-corrected chi connectivity index (χ4v) is 58.1. The van der Waals surface area contributed by atoms with Crippen LogP contribution in [0.3, 0.4) is 0 Å². The summed E-state index contributed by atoms with van der Waals surface area (Å²) < 4.78 is 43.1. The van der Waals surface area contributed by atoms with Gasteiger partial charge in [0.15, 0.2) is 32.3 Å². The van der Waals surface area contributed by atoms with Crippen molar-refractivity contribution >= 4 is 49.9 Å². The predicted octanol–water partition coefficient (Wildman–Crippen LogP) is 15.7. The van der Waals surface area contributed by atoms with Crippen molar-refractivity contribution in [3.63, 3.8) is 0 Å². The maximum atomic E-state index is 8.78.